The van der Waals surface area contributed by atoms with Crippen LogP contribution < -0.4 is 0 Å². The molecule has 2 fully saturated rings. The smallest absolute Gasteiger partial charge is 0.247 e. The van der Waals surface area contributed by atoms with Gasteiger partial charge in [0.2, 0.25) is 17.7 Å². The van der Waals surface area contributed by atoms with Crippen molar-refractivity contribution >= 4 is 17.5 Å². The Labute approximate surface area is 185 Å². The minimum atomic E-state index is -0.101. The van der Waals surface area contributed by atoms with Crippen LogP contribution in [0.4, 0.5) is 0 Å². The molecular formula is C23H23ClN4O3. The summed E-state index contributed by atoms with van der Waals surface area (Å²) in [6, 6.07) is 11.1. The van der Waals surface area contributed by atoms with Gasteiger partial charge in [0.1, 0.15) is 0 Å². The quantitative estimate of drug-likeness (QED) is 0.617. The van der Waals surface area contributed by atoms with Crippen LogP contribution in [0.5, 0.6) is 0 Å². The number of halogens is 1. The normalized spacial score (nSPS) is 20.3. The van der Waals surface area contributed by atoms with Gasteiger partial charge in [-0.15, -0.1) is 10.2 Å². The number of ether oxygens (including phenoxy) is 1. The molecule has 2 saturated heterocycles. The Morgan fingerprint density at radius 1 is 1.10 bits per heavy atom. The lowest BCUT2D eigenvalue weighted by atomic mass is 9.72. The van der Waals surface area contributed by atoms with Crippen LogP contribution in [0.2, 0.25) is 5.02 Å². The fourth-order valence-electron chi connectivity index (χ4n) is 4.66. The van der Waals surface area contributed by atoms with Crippen LogP contribution in [-0.2, 0) is 16.0 Å². The number of hydrogen-bond donors (Lipinski definition) is 0. The van der Waals surface area contributed by atoms with E-state index in [4.69, 9.17) is 20.8 Å². The minimum absolute atomic E-state index is 0.00587. The summed E-state index contributed by atoms with van der Waals surface area (Å²) in [6.45, 7) is 2.62. The molecule has 2 aromatic heterocycles. The molecule has 0 saturated carbocycles. The van der Waals surface area contributed by atoms with Gasteiger partial charge in [0.05, 0.1) is 12.3 Å². The van der Waals surface area contributed by atoms with Gasteiger partial charge in [-0.2, -0.15) is 0 Å². The van der Waals surface area contributed by atoms with Crippen LogP contribution in [0.25, 0.3) is 11.5 Å². The monoisotopic (exact) mass is 438 g/mol. The molecule has 2 aliphatic heterocycles. The van der Waals surface area contributed by atoms with Crippen molar-refractivity contribution in [2.45, 2.75) is 25.2 Å². The summed E-state index contributed by atoms with van der Waals surface area (Å²) in [5, 5.41) is 9.31. The third-order valence-corrected chi connectivity index (χ3v) is 6.68. The second kappa shape index (κ2) is 8.40. The SMILES string of the molecule is O=C(Cc1ccc(Cl)cc1)N1CC(c2nnc(-c3ccncc3)o2)C2(CCOCC2)C1. The third-order valence-electron chi connectivity index (χ3n) is 6.42. The van der Waals surface area contributed by atoms with Crippen molar-refractivity contribution in [1.82, 2.24) is 20.1 Å². The number of pyridine rings is 1. The molecular weight excluding hydrogens is 416 g/mol. The number of benzene rings is 1. The van der Waals surface area contributed by atoms with Gasteiger partial charge in [0.15, 0.2) is 0 Å². The number of carbonyl (C=O) groups is 1. The number of likely N-dealkylation sites (tertiary alicyclic amines) is 1. The molecule has 1 aromatic carbocycles. The van der Waals surface area contributed by atoms with Crippen LogP contribution in [-0.4, -0.2) is 52.3 Å². The van der Waals surface area contributed by atoms with E-state index in [9.17, 15) is 4.79 Å². The van der Waals surface area contributed by atoms with Crippen LogP contribution in [0, 0.1) is 5.41 Å². The molecule has 1 atom stereocenters. The molecule has 0 bridgehead atoms. The van der Waals surface area contributed by atoms with E-state index in [2.05, 4.69) is 15.2 Å². The van der Waals surface area contributed by atoms with Crippen molar-refractivity contribution in [2.75, 3.05) is 26.3 Å². The van der Waals surface area contributed by atoms with Gasteiger partial charge >= 0.3 is 0 Å². The molecule has 0 radical (unpaired) electrons. The number of carbonyl (C=O) groups excluding carboxylic acids is 1. The van der Waals surface area contributed by atoms with Crippen molar-refractivity contribution < 1.29 is 13.9 Å². The largest absolute Gasteiger partial charge is 0.420 e. The van der Waals surface area contributed by atoms with E-state index in [1.54, 1.807) is 12.4 Å². The fraction of sp³-hybridized carbons (Fsp3) is 0.391. The first-order valence-electron chi connectivity index (χ1n) is 10.5. The van der Waals surface area contributed by atoms with Crippen LogP contribution >= 0.6 is 11.6 Å². The predicted octanol–water partition coefficient (Wildman–Crippen LogP) is 3.75. The van der Waals surface area contributed by atoms with Crippen LogP contribution in [0.1, 0.15) is 30.2 Å². The average Bonchev–Trinajstić information content (AvgIpc) is 3.42. The highest BCUT2D eigenvalue weighted by molar-refractivity contribution is 6.30. The average molecular weight is 439 g/mol. The molecule has 2 aliphatic rings. The number of nitrogens with zero attached hydrogens (tertiary/aromatic N) is 4. The molecule has 1 amide bonds. The molecule has 4 heterocycles. The van der Waals surface area contributed by atoms with Gasteiger partial charge in [-0.3, -0.25) is 9.78 Å². The molecule has 0 N–H and O–H groups in total. The highest BCUT2D eigenvalue weighted by Gasteiger charge is 2.51. The van der Waals surface area contributed by atoms with Crippen molar-refractivity contribution in [3.05, 3.63) is 65.3 Å². The zero-order valence-electron chi connectivity index (χ0n) is 17.0. The van der Waals surface area contributed by atoms with Gasteiger partial charge in [-0.1, -0.05) is 23.7 Å². The van der Waals surface area contributed by atoms with Gasteiger partial charge in [0, 0.05) is 54.7 Å². The lowest BCUT2D eigenvalue weighted by Gasteiger charge is -2.36. The summed E-state index contributed by atoms with van der Waals surface area (Å²) in [7, 11) is 0. The second-order valence-corrected chi connectivity index (χ2v) is 8.72. The topological polar surface area (TPSA) is 81.4 Å². The first-order chi connectivity index (χ1) is 15.1. The molecule has 31 heavy (non-hydrogen) atoms. The maximum Gasteiger partial charge on any atom is 0.247 e. The van der Waals surface area contributed by atoms with Gasteiger partial charge in [-0.05, 0) is 42.7 Å². The maximum atomic E-state index is 13.1. The Morgan fingerprint density at radius 2 is 1.84 bits per heavy atom. The van der Waals surface area contributed by atoms with Crippen LogP contribution in [0.3, 0.4) is 0 Å². The summed E-state index contributed by atoms with van der Waals surface area (Å²) in [5.74, 6) is 1.17. The molecule has 5 rings (SSSR count). The van der Waals surface area contributed by atoms with Crippen molar-refractivity contribution in [3.63, 3.8) is 0 Å². The van der Waals surface area contributed by atoms with Crippen molar-refractivity contribution in [1.29, 1.82) is 0 Å². The molecule has 0 aliphatic carbocycles. The summed E-state index contributed by atoms with van der Waals surface area (Å²) in [6.07, 6.45) is 5.49. The third kappa shape index (κ3) is 4.07. The standard InChI is InChI=1S/C23H23ClN4O3/c24-18-3-1-16(2-4-18)13-20(29)28-14-19(23(15-28)7-11-30-12-8-23)22-27-26-21(31-22)17-5-9-25-10-6-17/h1-6,9-10,19H,7-8,11-15H2. The molecule has 3 aromatic rings. The molecule has 1 unspecified atom stereocenters. The van der Waals surface area contributed by atoms with E-state index in [1.165, 1.54) is 0 Å². The lowest BCUT2D eigenvalue weighted by molar-refractivity contribution is -0.130. The Hall–Kier alpha value is -2.77. The Kier molecular flexibility index (Phi) is 5.46. The van der Waals surface area contributed by atoms with Crippen molar-refractivity contribution in [3.8, 4) is 11.5 Å². The van der Waals surface area contributed by atoms with E-state index in [0.29, 0.717) is 49.5 Å². The van der Waals surface area contributed by atoms with E-state index in [-0.39, 0.29) is 17.2 Å². The summed E-state index contributed by atoms with van der Waals surface area (Å²) >= 11 is 5.97. The number of aromatic nitrogens is 3. The fourth-order valence-corrected chi connectivity index (χ4v) is 4.78. The Morgan fingerprint density at radius 3 is 2.58 bits per heavy atom. The molecule has 7 nitrogen and oxygen atoms in total. The number of hydrogen-bond acceptors (Lipinski definition) is 6. The predicted molar refractivity (Wildman–Crippen MR) is 114 cm³/mol. The van der Waals surface area contributed by atoms with Crippen LogP contribution in [0.15, 0.2) is 53.2 Å². The molecule has 8 heteroatoms. The van der Waals surface area contributed by atoms with Gasteiger partial charge in [-0.25, -0.2) is 0 Å². The van der Waals surface area contributed by atoms with Gasteiger partial charge in [0.25, 0.3) is 0 Å². The van der Waals surface area contributed by atoms with E-state index < -0.39 is 0 Å². The summed E-state index contributed by atoms with van der Waals surface area (Å²) < 4.78 is 11.7. The maximum absolute atomic E-state index is 13.1. The molecule has 160 valence electrons. The van der Waals surface area contributed by atoms with E-state index in [1.807, 2.05) is 41.3 Å². The number of rotatable bonds is 4. The zero-order valence-corrected chi connectivity index (χ0v) is 17.8. The van der Waals surface area contributed by atoms with Gasteiger partial charge < -0.3 is 14.1 Å². The highest BCUT2D eigenvalue weighted by Crippen LogP contribution is 2.49. The number of amides is 1. The van der Waals surface area contributed by atoms with E-state index in [0.717, 1.165) is 24.0 Å². The summed E-state index contributed by atoms with van der Waals surface area (Å²) in [5.41, 5.74) is 1.69. The van der Waals surface area contributed by atoms with E-state index >= 15 is 0 Å². The highest BCUT2D eigenvalue weighted by atomic mass is 35.5. The Bertz CT molecular complexity index is 1050. The Balaban J connectivity index is 1.39. The first kappa shape index (κ1) is 20.2. The van der Waals surface area contributed by atoms with Crippen molar-refractivity contribution in [2.24, 2.45) is 5.41 Å². The lowest BCUT2D eigenvalue weighted by Crippen LogP contribution is -2.37. The second-order valence-electron chi connectivity index (χ2n) is 8.29. The summed E-state index contributed by atoms with van der Waals surface area (Å²) in [4.78, 5) is 19.1. The molecule has 1 spiro atoms. The first-order valence-corrected chi connectivity index (χ1v) is 10.8. The zero-order chi connectivity index (χ0) is 21.3. The minimum Gasteiger partial charge on any atom is -0.420 e.